The molecule has 0 aromatic heterocycles. The number of benzene rings is 1. The number of hydrogen-bond acceptors (Lipinski definition) is 4. The first kappa shape index (κ1) is 18.0. The molecular formula is C17H18Cl2O4. The van der Waals surface area contributed by atoms with Gasteiger partial charge in [-0.3, -0.25) is 9.59 Å². The van der Waals surface area contributed by atoms with Crippen LogP contribution in [-0.4, -0.2) is 23.5 Å². The summed E-state index contributed by atoms with van der Waals surface area (Å²) in [6.45, 7) is 1.85. The fourth-order valence-corrected chi connectivity index (χ4v) is 3.36. The first-order chi connectivity index (χ1) is 10.9. The molecule has 0 spiro atoms. The molecule has 23 heavy (non-hydrogen) atoms. The molecule has 1 aromatic carbocycles. The molecule has 0 saturated heterocycles. The van der Waals surface area contributed by atoms with Gasteiger partial charge >= 0.3 is 5.97 Å². The Morgan fingerprint density at radius 2 is 2.04 bits per heavy atom. The number of aliphatic hydroxyl groups is 1. The number of halogens is 2. The van der Waals surface area contributed by atoms with Crippen molar-refractivity contribution in [2.75, 3.05) is 6.61 Å². The van der Waals surface area contributed by atoms with Gasteiger partial charge in [-0.2, -0.15) is 0 Å². The van der Waals surface area contributed by atoms with Crippen LogP contribution in [0.5, 0.6) is 0 Å². The molecule has 0 amide bonds. The third-order valence-corrected chi connectivity index (χ3v) is 4.26. The van der Waals surface area contributed by atoms with Crippen LogP contribution in [0.1, 0.15) is 25.3 Å². The van der Waals surface area contributed by atoms with Crippen LogP contribution >= 0.6 is 23.2 Å². The zero-order valence-corrected chi connectivity index (χ0v) is 14.2. The number of ketones is 1. The highest BCUT2D eigenvalue weighted by Gasteiger charge is 2.48. The number of esters is 1. The molecule has 124 valence electrons. The van der Waals surface area contributed by atoms with E-state index in [4.69, 9.17) is 27.9 Å². The molecule has 1 aliphatic rings. The van der Waals surface area contributed by atoms with E-state index in [0.29, 0.717) is 5.56 Å². The maximum absolute atomic E-state index is 12.5. The van der Waals surface area contributed by atoms with Gasteiger partial charge in [0.2, 0.25) is 0 Å². The number of carbonyl (C=O) groups is 2. The fraction of sp³-hybridized carbons (Fsp3) is 0.412. The maximum Gasteiger partial charge on any atom is 0.317 e. The predicted molar refractivity (Wildman–Crippen MR) is 88.0 cm³/mol. The predicted octanol–water partition coefficient (Wildman–Crippen LogP) is 3.35. The summed E-state index contributed by atoms with van der Waals surface area (Å²) in [5.74, 6) is -2.60. The highest BCUT2D eigenvalue weighted by atomic mass is 35.5. The summed E-state index contributed by atoms with van der Waals surface area (Å²) in [5, 5.41) is 10.9. The summed E-state index contributed by atoms with van der Waals surface area (Å²) in [7, 11) is 0. The summed E-state index contributed by atoms with van der Waals surface area (Å²) < 4.78 is 4.93. The van der Waals surface area contributed by atoms with Gasteiger partial charge in [-0.1, -0.05) is 53.5 Å². The summed E-state index contributed by atoms with van der Waals surface area (Å²) >= 11 is 11.5. The van der Waals surface area contributed by atoms with Crippen molar-refractivity contribution in [2.24, 2.45) is 11.8 Å². The van der Waals surface area contributed by atoms with Crippen LogP contribution in [0.25, 0.3) is 0 Å². The molecule has 1 saturated carbocycles. The first-order valence-corrected chi connectivity index (χ1v) is 8.13. The molecule has 0 aliphatic heterocycles. The van der Waals surface area contributed by atoms with Crippen molar-refractivity contribution in [3.8, 4) is 0 Å². The van der Waals surface area contributed by atoms with Crippen molar-refractivity contribution in [3.05, 3.63) is 46.5 Å². The van der Waals surface area contributed by atoms with Gasteiger partial charge in [0, 0.05) is 12.3 Å². The molecule has 1 N–H and O–H groups in total. The van der Waals surface area contributed by atoms with Crippen LogP contribution in [0.2, 0.25) is 0 Å². The number of rotatable bonds is 4. The number of ether oxygens (including phenoxy) is 1. The number of Topliss-reactive ketones (excluding diaryl/α,β-unsaturated/α-hetero) is 1. The minimum Gasteiger partial charge on any atom is -0.465 e. The second-order valence-corrected chi connectivity index (χ2v) is 6.60. The van der Waals surface area contributed by atoms with Gasteiger partial charge in [-0.05, 0) is 25.0 Å². The van der Waals surface area contributed by atoms with Crippen molar-refractivity contribution in [2.45, 2.75) is 25.4 Å². The summed E-state index contributed by atoms with van der Waals surface area (Å²) in [4.78, 5) is 24.6. The van der Waals surface area contributed by atoms with Crippen LogP contribution in [-0.2, 0) is 19.9 Å². The monoisotopic (exact) mass is 356 g/mol. The molecule has 2 rings (SSSR count). The largest absolute Gasteiger partial charge is 0.465 e. The Morgan fingerprint density at radius 3 is 2.61 bits per heavy atom. The summed E-state index contributed by atoms with van der Waals surface area (Å²) in [6.07, 6.45) is 1.44. The van der Waals surface area contributed by atoms with Crippen LogP contribution in [0.3, 0.4) is 0 Å². The van der Waals surface area contributed by atoms with Crippen molar-refractivity contribution in [3.63, 3.8) is 0 Å². The van der Waals surface area contributed by atoms with Gasteiger partial charge in [0.05, 0.1) is 12.2 Å². The van der Waals surface area contributed by atoms with E-state index in [1.807, 2.05) is 6.07 Å². The molecule has 4 nitrogen and oxygen atoms in total. The molecular weight excluding hydrogens is 339 g/mol. The number of hydrogen-bond donors (Lipinski definition) is 1. The van der Waals surface area contributed by atoms with Crippen LogP contribution < -0.4 is 0 Å². The second kappa shape index (κ2) is 7.47. The average Bonchev–Trinajstić information content (AvgIpc) is 2.47. The Bertz CT molecular complexity index is 610. The molecule has 1 aliphatic carbocycles. The molecule has 0 bridgehead atoms. The maximum atomic E-state index is 12.5. The zero-order valence-electron chi connectivity index (χ0n) is 12.7. The first-order valence-electron chi connectivity index (χ1n) is 7.37. The van der Waals surface area contributed by atoms with Crippen molar-refractivity contribution < 1.29 is 19.4 Å². The van der Waals surface area contributed by atoms with Crippen LogP contribution in [0, 0.1) is 11.8 Å². The van der Waals surface area contributed by atoms with Gasteiger partial charge in [-0.15, -0.1) is 0 Å². The molecule has 3 atom stereocenters. The SMILES string of the molecule is CCOC(=O)[C@@H]1C(=O)C[C@@](O)(c2ccccc2)C[C@@H]1C=C(Cl)Cl. The lowest BCUT2D eigenvalue weighted by Gasteiger charge is -2.38. The van der Waals surface area contributed by atoms with E-state index in [1.54, 1.807) is 31.2 Å². The third-order valence-electron chi connectivity index (χ3n) is 4.01. The van der Waals surface area contributed by atoms with Gasteiger partial charge in [-0.25, -0.2) is 0 Å². The number of carbonyl (C=O) groups excluding carboxylic acids is 2. The van der Waals surface area contributed by atoms with E-state index in [9.17, 15) is 14.7 Å². The lowest BCUT2D eigenvalue weighted by Crippen LogP contribution is -2.45. The van der Waals surface area contributed by atoms with E-state index >= 15 is 0 Å². The van der Waals surface area contributed by atoms with Gasteiger partial charge < -0.3 is 9.84 Å². The van der Waals surface area contributed by atoms with E-state index in [0.717, 1.165) is 0 Å². The zero-order chi connectivity index (χ0) is 17.0. The minimum absolute atomic E-state index is 0.0468. The van der Waals surface area contributed by atoms with E-state index in [1.165, 1.54) is 6.08 Å². The Labute approximate surface area is 145 Å². The number of allylic oxidation sites excluding steroid dienone is 1. The lowest BCUT2D eigenvalue weighted by atomic mass is 9.68. The van der Waals surface area contributed by atoms with E-state index in [2.05, 4.69) is 0 Å². The molecule has 0 heterocycles. The van der Waals surface area contributed by atoms with Crippen molar-refractivity contribution in [1.29, 1.82) is 0 Å². The normalized spacial score (nSPS) is 27.4. The second-order valence-electron chi connectivity index (χ2n) is 5.59. The quantitative estimate of drug-likeness (QED) is 0.663. The van der Waals surface area contributed by atoms with Gasteiger partial charge in [0.1, 0.15) is 10.4 Å². The summed E-state index contributed by atoms with van der Waals surface area (Å²) in [6, 6.07) is 8.90. The molecule has 1 fully saturated rings. The highest BCUT2D eigenvalue weighted by molar-refractivity contribution is 6.55. The minimum atomic E-state index is -1.36. The standard InChI is InChI=1S/C17H18Cl2O4/c1-2-23-16(21)15-11(8-14(18)19)9-17(22,10-13(15)20)12-6-4-3-5-7-12/h3-8,11,15,22H,2,9-10H2,1H3/t11-,15-,17+/m0/s1. The Balaban J connectivity index is 2.37. The highest BCUT2D eigenvalue weighted by Crippen LogP contribution is 2.42. The molecule has 6 heteroatoms. The van der Waals surface area contributed by atoms with Crippen LogP contribution in [0.15, 0.2) is 40.9 Å². The topological polar surface area (TPSA) is 63.6 Å². The Kier molecular flexibility index (Phi) is 5.84. The molecule has 0 unspecified atom stereocenters. The van der Waals surface area contributed by atoms with Gasteiger partial charge in [0.25, 0.3) is 0 Å². The molecule has 1 aromatic rings. The Morgan fingerprint density at radius 1 is 1.39 bits per heavy atom. The Hall–Kier alpha value is -1.36. The van der Waals surface area contributed by atoms with Crippen molar-refractivity contribution in [1.82, 2.24) is 0 Å². The van der Waals surface area contributed by atoms with Gasteiger partial charge in [0.15, 0.2) is 5.78 Å². The molecule has 0 radical (unpaired) electrons. The fourth-order valence-electron chi connectivity index (χ4n) is 3.04. The third kappa shape index (κ3) is 4.14. The lowest BCUT2D eigenvalue weighted by molar-refractivity contribution is -0.159. The average molecular weight is 357 g/mol. The van der Waals surface area contributed by atoms with E-state index < -0.39 is 23.4 Å². The van der Waals surface area contributed by atoms with Crippen LogP contribution in [0.4, 0.5) is 0 Å². The smallest absolute Gasteiger partial charge is 0.317 e. The van der Waals surface area contributed by atoms with E-state index in [-0.39, 0.29) is 29.7 Å². The summed E-state index contributed by atoms with van der Waals surface area (Å²) in [5.41, 5.74) is -0.731. The van der Waals surface area contributed by atoms with Crippen molar-refractivity contribution >= 4 is 35.0 Å².